The molecule has 0 atom stereocenters. The normalized spacial score (nSPS) is 9.40. The molecule has 1 aromatic carbocycles. The maximum atomic E-state index is 5.86. The smallest absolute Gasteiger partial charge is 0.0493 e. The minimum Gasteiger partial charge on any atom is -0.398 e. The van der Waals surface area contributed by atoms with Crippen LogP contribution in [0.4, 0.5) is 5.69 Å². The highest BCUT2D eigenvalue weighted by Crippen LogP contribution is 2.16. The van der Waals surface area contributed by atoms with Crippen molar-refractivity contribution in [3.63, 3.8) is 0 Å². The molecule has 3 heteroatoms. The van der Waals surface area contributed by atoms with Crippen LogP contribution in [0.3, 0.4) is 0 Å². The molecule has 0 saturated carbocycles. The van der Waals surface area contributed by atoms with Gasteiger partial charge in [0, 0.05) is 27.2 Å². The lowest BCUT2D eigenvalue weighted by molar-refractivity contribution is 1.62. The molecule has 0 saturated heterocycles. The minimum absolute atomic E-state index is 0.652. The van der Waals surface area contributed by atoms with Gasteiger partial charge in [0.05, 0.1) is 0 Å². The van der Waals surface area contributed by atoms with Crippen LogP contribution in [0.5, 0.6) is 0 Å². The van der Waals surface area contributed by atoms with Crippen LogP contribution in [0, 0.1) is 11.8 Å². The van der Waals surface area contributed by atoms with E-state index < -0.39 is 0 Å². The third kappa shape index (κ3) is 2.53. The van der Waals surface area contributed by atoms with E-state index in [4.69, 9.17) is 17.3 Å². The summed E-state index contributed by atoms with van der Waals surface area (Å²) < 4.78 is 0. The number of rotatable bonds is 0. The highest BCUT2D eigenvalue weighted by Gasteiger charge is 1.96. The largest absolute Gasteiger partial charge is 0.398 e. The Labute approximate surface area is 97.5 Å². The van der Waals surface area contributed by atoms with E-state index in [9.17, 15) is 0 Å². The van der Waals surface area contributed by atoms with Crippen molar-refractivity contribution < 1.29 is 0 Å². The molecule has 2 rings (SSSR count). The van der Waals surface area contributed by atoms with Crippen LogP contribution in [0.15, 0.2) is 35.0 Å². The standard InChI is InChI=1S/C12H8ClNS/c13-11-3-4-12(14)10(7-11)2-1-9-5-6-15-8-9/h3-8H,14H2. The number of hydrogen-bond acceptors (Lipinski definition) is 2. The Kier molecular flexibility index (Phi) is 2.96. The molecule has 15 heavy (non-hydrogen) atoms. The van der Waals surface area contributed by atoms with Gasteiger partial charge in [-0.25, -0.2) is 0 Å². The maximum absolute atomic E-state index is 5.86. The van der Waals surface area contributed by atoms with E-state index in [-0.39, 0.29) is 0 Å². The second-order valence-corrected chi connectivity index (χ2v) is 4.21. The van der Waals surface area contributed by atoms with Gasteiger partial charge in [0.1, 0.15) is 0 Å². The summed E-state index contributed by atoms with van der Waals surface area (Å²) in [6.45, 7) is 0. The lowest BCUT2D eigenvalue weighted by Gasteiger charge is -1.97. The molecule has 0 aliphatic rings. The van der Waals surface area contributed by atoms with Crippen LogP contribution in [0.1, 0.15) is 11.1 Å². The number of hydrogen-bond donors (Lipinski definition) is 1. The molecular formula is C12H8ClNS. The molecule has 74 valence electrons. The first-order valence-electron chi connectivity index (χ1n) is 4.35. The topological polar surface area (TPSA) is 26.0 Å². The van der Waals surface area contributed by atoms with Crippen LogP contribution in [0.25, 0.3) is 0 Å². The van der Waals surface area contributed by atoms with Crippen LogP contribution in [-0.2, 0) is 0 Å². The molecule has 0 bridgehead atoms. The summed E-state index contributed by atoms with van der Waals surface area (Å²) in [5.74, 6) is 6.03. The Morgan fingerprint density at radius 1 is 1.20 bits per heavy atom. The van der Waals surface area contributed by atoms with Crippen LogP contribution < -0.4 is 5.73 Å². The van der Waals surface area contributed by atoms with Gasteiger partial charge >= 0.3 is 0 Å². The number of nitrogen functional groups attached to an aromatic ring is 1. The lowest BCUT2D eigenvalue weighted by Crippen LogP contribution is -1.89. The predicted octanol–water partition coefficient (Wildman–Crippen LogP) is 3.38. The lowest BCUT2D eigenvalue weighted by atomic mass is 10.2. The summed E-state index contributed by atoms with van der Waals surface area (Å²) in [6.07, 6.45) is 0. The molecule has 0 spiro atoms. The van der Waals surface area contributed by atoms with Crippen molar-refractivity contribution >= 4 is 28.6 Å². The quantitative estimate of drug-likeness (QED) is 0.548. The van der Waals surface area contributed by atoms with E-state index in [2.05, 4.69) is 11.8 Å². The number of anilines is 1. The van der Waals surface area contributed by atoms with E-state index in [1.807, 2.05) is 16.8 Å². The van der Waals surface area contributed by atoms with Gasteiger partial charge in [-0.2, -0.15) is 11.3 Å². The zero-order chi connectivity index (χ0) is 10.7. The van der Waals surface area contributed by atoms with E-state index in [1.54, 1.807) is 29.5 Å². The zero-order valence-electron chi connectivity index (χ0n) is 7.83. The van der Waals surface area contributed by atoms with Gasteiger partial charge in [0.15, 0.2) is 0 Å². The molecule has 1 aromatic heterocycles. The van der Waals surface area contributed by atoms with Crippen molar-refractivity contribution in [3.8, 4) is 11.8 Å². The number of halogens is 1. The second-order valence-electron chi connectivity index (χ2n) is 2.99. The number of nitrogens with two attached hydrogens (primary N) is 1. The molecule has 1 nitrogen and oxygen atoms in total. The molecule has 0 aliphatic carbocycles. The molecule has 0 aliphatic heterocycles. The highest BCUT2D eigenvalue weighted by molar-refractivity contribution is 7.08. The van der Waals surface area contributed by atoms with Crippen molar-refractivity contribution in [2.75, 3.05) is 5.73 Å². The van der Waals surface area contributed by atoms with E-state index >= 15 is 0 Å². The Balaban J connectivity index is 2.35. The average Bonchev–Trinajstić information content (AvgIpc) is 2.72. The fourth-order valence-electron chi connectivity index (χ4n) is 1.11. The average molecular weight is 234 g/mol. The summed E-state index contributed by atoms with van der Waals surface area (Å²) in [5, 5.41) is 4.64. The van der Waals surface area contributed by atoms with Gasteiger partial charge in [-0.15, -0.1) is 0 Å². The second kappa shape index (κ2) is 4.39. The van der Waals surface area contributed by atoms with Gasteiger partial charge in [-0.3, -0.25) is 0 Å². The molecule has 0 fully saturated rings. The molecular weight excluding hydrogens is 226 g/mol. The summed E-state index contributed by atoms with van der Waals surface area (Å²) in [4.78, 5) is 0. The first-order valence-corrected chi connectivity index (χ1v) is 5.67. The van der Waals surface area contributed by atoms with E-state index in [0.29, 0.717) is 10.7 Å². The van der Waals surface area contributed by atoms with Crippen LogP contribution in [0.2, 0.25) is 5.02 Å². The Morgan fingerprint density at radius 3 is 2.80 bits per heavy atom. The van der Waals surface area contributed by atoms with Gasteiger partial charge < -0.3 is 5.73 Å². The molecule has 0 radical (unpaired) electrons. The molecule has 2 aromatic rings. The first kappa shape index (κ1) is 10.1. The summed E-state index contributed by atoms with van der Waals surface area (Å²) in [5.41, 5.74) is 8.20. The zero-order valence-corrected chi connectivity index (χ0v) is 9.40. The van der Waals surface area contributed by atoms with Crippen molar-refractivity contribution in [2.45, 2.75) is 0 Å². The van der Waals surface area contributed by atoms with E-state index in [1.165, 1.54) is 0 Å². The number of thiophene rings is 1. The first-order chi connectivity index (χ1) is 7.25. The molecule has 0 unspecified atom stereocenters. The Morgan fingerprint density at radius 2 is 2.07 bits per heavy atom. The van der Waals surface area contributed by atoms with Crippen molar-refractivity contribution in [1.82, 2.24) is 0 Å². The third-order valence-electron chi connectivity index (χ3n) is 1.88. The maximum Gasteiger partial charge on any atom is 0.0493 e. The minimum atomic E-state index is 0.652. The molecule has 1 heterocycles. The fraction of sp³-hybridized carbons (Fsp3) is 0. The highest BCUT2D eigenvalue weighted by atomic mass is 35.5. The Hall–Kier alpha value is -1.43. The predicted molar refractivity (Wildman–Crippen MR) is 66.2 cm³/mol. The monoisotopic (exact) mass is 233 g/mol. The van der Waals surface area contributed by atoms with Gasteiger partial charge in [0.25, 0.3) is 0 Å². The third-order valence-corrected chi connectivity index (χ3v) is 2.80. The SMILES string of the molecule is Nc1ccc(Cl)cc1C#Cc1ccsc1. The van der Waals surface area contributed by atoms with Gasteiger partial charge in [-0.1, -0.05) is 23.4 Å². The van der Waals surface area contributed by atoms with Crippen LogP contribution >= 0.6 is 22.9 Å². The summed E-state index contributed by atoms with van der Waals surface area (Å²) >= 11 is 7.48. The Bertz CT molecular complexity index is 520. The summed E-state index contributed by atoms with van der Waals surface area (Å²) in [7, 11) is 0. The van der Waals surface area contributed by atoms with Gasteiger partial charge in [0.2, 0.25) is 0 Å². The van der Waals surface area contributed by atoms with Crippen molar-refractivity contribution in [1.29, 1.82) is 0 Å². The van der Waals surface area contributed by atoms with Gasteiger partial charge in [-0.05, 0) is 29.6 Å². The molecule has 2 N–H and O–H groups in total. The van der Waals surface area contributed by atoms with E-state index in [0.717, 1.165) is 11.1 Å². The van der Waals surface area contributed by atoms with Crippen molar-refractivity contribution in [2.24, 2.45) is 0 Å². The van der Waals surface area contributed by atoms with Crippen LogP contribution in [-0.4, -0.2) is 0 Å². The summed E-state index contributed by atoms with van der Waals surface area (Å²) in [6, 6.07) is 7.27. The van der Waals surface area contributed by atoms with Crippen molar-refractivity contribution in [3.05, 3.63) is 51.2 Å². The number of benzene rings is 1. The molecule has 0 amide bonds. The fourth-order valence-corrected chi connectivity index (χ4v) is 1.87.